The van der Waals surface area contributed by atoms with Crippen molar-refractivity contribution in [3.63, 3.8) is 0 Å². The topological polar surface area (TPSA) is 36.9 Å². The molecule has 0 amide bonds. The van der Waals surface area contributed by atoms with Crippen LogP contribution in [-0.2, 0) is 19.2 Å². The molecule has 1 spiro atoms. The summed E-state index contributed by atoms with van der Waals surface area (Å²) in [5.74, 6) is -0.0624. The van der Waals surface area contributed by atoms with Crippen molar-refractivity contribution in [2.24, 2.45) is 23.7 Å². The van der Waals surface area contributed by atoms with Crippen molar-refractivity contribution in [3.8, 4) is 0 Å². The molecule has 5 heteroatoms. The van der Waals surface area contributed by atoms with Gasteiger partial charge in [-0.3, -0.25) is 0 Å². The first-order valence-electron chi connectivity index (χ1n) is 7.80. The van der Waals surface area contributed by atoms with E-state index in [2.05, 4.69) is 6.92 Å². The lowest BCUT2D eigenvalue weighted by atomic mass is 9.58. The van der Waals surface area contributed by atoms with E-state index in [0.29, 0.717) is 11.8 Å². The van der Waals surface area contributed by atoms with Crippen LogP contribution in [-0.4, -0.2) is 24.0 Å². The predicted molar refractivity (Wildman–Crippen MR) is 67.9 cm³/mol. The zero-order valence-corrected chi connectivity index (χ0v) is 12.3. The Morgan fingerprint density at radius 2 is 1.85 bits per heavy atom. The fourth-order valence-corrected chi connectivity index (χ4v) is 4.86. The number of hydrogen-bond acceptors (Lipinski definition) is 4. The molecular weight excluding hydrogens is 263 g/mol. The molecule has 1 unspecified atom stereocenters. The van der Waals surface area contributed by atoms with Gasteiger partial charge in [0.2, 0.25) is 12.1 Å². The van der Waals surface area contributed by atoms with E-state index in [4.69, 9.17) is 19.2 Å². The van der Waals surface area contributed by atoms with Crippen molar-refractivity contribution in [2.75, 3.05) is 0 Å². The fraction of sp³-hybridized carbons (Fsp3) is 1.00. The second-order valence-corrected chi connectivity index (χ2v) is 7.26. The van der Waals surface area contributed by atoms with E-state index in [1.54, 1.807) is 0 Å². The number of alkyl halides is 1. The van der Waals surface area contributed by atoms with E-state index < -0.39 is 24.0 Å². The van der Waals surface area contributed by atoms with E-state index in [0.717, 1.165) is 25.7 Å². The summed E-state index contributed by atoms with van der Waals surface area (Å²) in [6, 6.07) is 0. The Labute approximate surface area is 118 Å². The summed E-state index contributed by atoms with van der Waals surface area (Å²) in [6.07, 6.45) is 1.88. The molecule has 0 radical (unpaired) electrons. The molecule has 114 valence electrons. The maximum atomic E-state index is 14.2. The van der Waals surface area contributed by atoms with Gasteiger partial charge in [-0.2, -0.15) is 0 Å². The maximum absolute atomic E-state index is 14.2. The Morgan fingerprint density at radius 3 is 2.65 bits per heavy atom. The Bertz CT molecular complexity index is 415. The molecule has 4 saturated heterocycles. The zero-order chi connectivity index (χ0) is 14.1. The summed E-state index contributed by atoms with van der Waals surface area (Å²) in [5.41, 5.74) is -0.629. The Hall–Kier alpha value is -0.230. The lowest BCUT2D eigenvalue weighted by Crippen LogP contribution is -2.69. The molecule has 1 aliphatic carbocycles. The molecular formula is C15H23FO4. The minimum atomic E-state index is -1.28. The number of rotatable bonds is 0. The fourth-order valence-electron chi connectivity index (χ4n) is 4.86. The third-order valence-corrected chi connectivity index (χ3v) is 6.08. The number of halogens is 1. The van der Waals surface area contributed by atoms with E-state index in [9.17, 15) is 4.39 Å². The lowest BCUT2D eigenvalue weighted by Gasteiger charge is -2.59. The summed E-state index contributed by atoms with van der Waals surface area (Å²) in [7, 11) is 0. The van der Waals surface area contributed by atoms with Crippen LogP contribution in [0.3, 0.4) is 0 Å². The van der Waals surface area contributed by atoms with Crippen LogP contribution in [0.25, 0.3) is 0 Å². The van der Waals surface area contributed by atoms with Gasteiger partial charge in [0.15, 0.2) is 11.9 Å². The lowest BCUT2D eigenvalue weighted by molar-refractivity contribution is -0.574. The molecule has 5 rings (SSSR count). The number of hydrogen-bond donors (Lipinski definition) is 0. The molecule has 8 atom stereocenters. The second kappa shape index (κ2) is 4.15. The first kappa shape index (κ1) is 13.4. The van der Waals surface area contributed by atoms with Gasteiger partial charge in [0, 0.05) is 18.3 Å². The van der Waals surface area contributed by atoms with Gasteiger partial charge >= 0.3 is 0 Å². The molecule has 5 aliphatic rings. The molecule has 2 bridgehead atoms. The summed E-state index contributed by atoms with van der Waals surface area (Å²) < 4.78 is 25.8. The van der Waals surface area contributed by atoms with Crippen LogP contribution in [0.2, 0.25) is 0 Å². The smallest absolute Gasteiger partial charge is 0.204 e. The minimum absolute atomic E-state index is 0.0973. The first-order valence-corrected chi connectivity index (χ1v) is 7.80. The molecule has 4 heterocycles. The van der Waals surface area contributed by atoms with Crippen molar-refractivity contribution >= 4 is 0 Å². The quantitative estimate of drug-likeness (QED) is 0.641. The van der Waals surface area contributed by atoms with Gasteiger partial charge < -0.3 is 9.47 Å². The maximum Gasteiger partial charge on any atom is 0.204 e. The third kappa shape index (κ3) is 1.55. The van der Waals surface area contributed by atoms with E-state index >= 15 is 0 Å². The Balaban J connectivity index is 1.82. The first-order chi connectivity index (χ1) is 9.46. The van der Waals surface area contributed by atoms with Gasteiger partial charge in [-0.05, 0) is 38.0 Å². The molecule has 5 fully saturated rings. The average molecular weight is 286 g/mol. The molecule has 0 aromatic rings. The van der Waals surface area contributed by atoms with Crippen molar-refractivity contribution in [3.05, 3.63) is 0 Å². The van der Waals surface area contributed by atoms with Crippen LogP contribution in [0, 0.1) is 23.7 Å². The standard InChI is InChI=1S/C15H23FO4/c1-8-4-5-11-9(2)12(16)17-13-15(11)10(8)6-7-14(3,18-13)19-20-15/h8-13H,4-7H2,1-3H3/t8-,9-,10+,11+,12+,13-,14?,15-/m1/s1. The van der Waals surface area contributed by atoms with E-state index in [1.165, 1.54) is 0 Å². The van der Waals surface area contributed by atoms with Gasteiger partial charge in [-0.1, -0.05) is 13.8 Å². The van der Waals surface area contributed by atoms with Crippen molar-refractivity contribution in [2.45, 2.75) is 70.5 Å². The summed E-state index contributed by atoms with van der Waals surface area (Å²) in [5, 5.41) is 0. The summed E-state index contributed by atoms with van der Waals surface area (Å²) in [4.78, 5) is 11.5. The van der Waals surface area contributed by atoms with Gasteiger partial charge in [-0.15, -0.1) is 0 Å². The highest BCUT2D eigenvalue weighted by atomic mass is 19.1. The third-order valence-electron chi connectivity index (χ3n) is 6.08. The van der Waals surface area contributed by atoms with Gasteiger partial charge in [0.05, 0.1) is 0 Å². The van der Waals surface area contributed by atoms with Crippen LogP contribution < -0.4 is 0 Å². The SMILES string of the molecule is C[C@H]1[C@@H](F)O[C@@H]2OC3(C)CC[C@H]4[C@H](C)CC[C@@H]1[C@@]24OO3. The molecule has 0 N–H and O–H groups in total. The molecule has 4 aliphatic heterocycles. The second-order valence-electron chi connectivity index (χ2n) is 7.26. The van der Waals surface area contributed by atoms with Crippen molar-refractivity contribution in [1.82, 2.24) is 0 Å². The van der Waals surface area contributed by atoms with Crippen LogP contribution >= 0.6 is 0 Å². The highest BCUT2D eigenvalue weighted by molar-refractivity contribution is 5.08. The van der Waals surface area contributed by atoms with Crippen LogP contribution in [0.4, 0.5) is 4.39 Å². The Morgan fingerprint density at radius 1 is 1.05 bits per heavy atom. The summed E-state index contributed by atoms with van der Waals surface area (Å²) in [6.45, 7) is 6.02. The minimum Gasteiger partial charge on any atom is -0.315 e. The number of fused-ring (bicyclic) bond motifs is 2. The molecule has 20 heavy (non-hydrogen) atoms. The zero-order valence-electron chi connectivity index (χ0n) is 12.3. The predicted octanol–water partition coefficient (Wildman–Crippen LogP) is 3.16. The van der Waals surface area contributed by atoms with Crippen LogP contribution in [0.5, 0.6) is 0 Å². The van der Waals surface area contributed by atoms with Crippen molar-refractivity contribution in [1.29, 1.82) is 0 Å². The average Bonchev–Trinajstić information content (AvgIpc) is 2.63. The normalized spacial score (nSPS) is 61.8. The highest BCUT2D eigenvalue weighted by Gasteiger charge is 2.69. The van der Waals surface area contributed by atoms with E-state index in [1.807, 2.05) is 13.8 Å². The highest BCUT2D eigenvalue weighted by Crippen LogP contribution is 2.60. The van der Waals surface area contributed by atoms with Crippen LogP contribution in [0.1, 0.15) is 46.5 Å². The molecule has 1 saturated carbocycles. The number of ether oxygens (including phenoxy) is 2. The molecule has 4 nitrogen and oxygen atoms in total. The molecule has 0 aromatic heterocycles. The van der Waals surface area contributed by atoms with Crippen molar-refractivity contribution < 1.29 is 23.6 Å². The molecule has 0 aromatic carbocycles. The van der Waals surface area contributed by atoms with Gasteiger partial charge in [0.25, 0.3) is 0 Å². The van der Waals surface area contributed by atoms with E-state index in [-0.39, 0.29) is 11.8 Å². The largest absolute Gasteiger partial charge is 0.315 e. The van der Waals surface area contributed by atoms with Gasteiger partial charge in [-0.25, -0.2) is 14.2 Å². The summed E-state index contributed by atoms with van der Waals surface area (Å²) >= 11 is 0. The Kier molecular flexibility index (Phi) is 2.79. The van der Waals surface area contributed by atoms with Crippen LogP contribution in [0.15, 0.2) is 0 Å². The van der Waals surface area contributed by atoms with Gasteiger partial charge in [0.1, 0.15) is 0 Å². The monoisotopic (exact) mass is 286 g/mol.